The molecule has 0 saturated heterocycles. The van der Waals surface area contributed by atoms with E-state index in [0.717, 1.165) is 17.1 Å². The molecule has 120 valence electrons. The van der Waals surface area contributed by atoms with Crippen LogP contribution in [0.5, 0.6) is 0 Å². The highest BCUT2D eigenvalue weighted by Gasteiger charge is 2.12. The van der Waals surface area contributed by atoms with Gasteiger partial charge in [-0.05, 0) is 55.3 Å². The summed E-state index contributed by atoms with van der Waals surface area (Å²) in [6.07, 6.45) is 0. The average molecular weight is 316 g/mol. The van der Waals surface area contributed by atoms with Crippen LogP contribution in [0.3, 0.4) is 0 Å². The zero-order valence-electron chi connectivity index (χ0n) is 13.8. The smallest absolute Gasteiger partial charge is 0.257 e. The van der Waals surface area contributed by atoms with E-state index in [-0.39, 0.29) is 5.91 Å². The van der Waals surface area contributed by atoms with Gasteiger partial charge in [0, 0.05) is 11.4 Å². The van der Waals surface area contributed by atoms with Gasteiger partial charge < -0.3 is 10.6 Å². The number of benzene rings is 3. The molecule has 0 radical (unpaired) electrons. The fraction of sp³-hybridized carbons (Fsp3) is 0.0952. The molecule has 0 unspecified atom stereocenters. The van der Waals surface area contributed by atoms with E-state index in [0.29, 0.717) is 5.56 Å². The van der Waals surface area contributed by atoms with Crippen LogP contribution in [-0.2, 0) is 0 Å². The van der Waals surface area contributed by atoms with Crippen LogP contribution in [0.4, 0.5) is 17.1 Å². The lowest BCUT2D eigenvalue weighted by Crippen LogP contribution is -2.14. The monoisotopic (exact) mass is 316 g/mol. The van der Waals surface area contributed by atoms with Crippen LogP contribution in [0.25, 0.3) is 0 Å². The number of para-hydroxylation sites is 2. The van der Waals surface area contributed by atoms with E-state index < -0.39 is 0 Å². The summed E-state index contributed by atoms with van der Waals surface area (Å²) in [5.74, 6) is -0.130. The van der Waals surface area contributed by atoms with Crippen molar-refractivity contribution in [3.05, 3.63) is 89.5 Å². The van der Waals surface area contributed by atoms with Gasteiger partial charge >= 0.3 is 0 Å². The number of rotatable bonds is 4. The maximum atomic E-state index is 12.6. The fourth-order valence-electron chi connectivity index (χ4n) is 2.54. The van der Waals surface area contributed by atoms with E-state index >= 15 is 0 Å². The third-order valence-electron chi connectivity index (χ3n) is 4.08. The first-order valence-electron chi connectivity index (χ1n) is 7.94. The Hall–Kier alpha value is -3.07. The van der Waals surface area contributed by atoms with E-state index in [1.54, 1.807) is 0 Å². The molecule has 3 aromatic rings. The summed E-state index contributed by atoms with van der Waals surface area (Å²) in [7, 11) is 0. The maximum Gasteiger partial charge on any atom is 0.257 e. The minimum atomic E-state index is -0.130. The van der Waals surface area contributed by atoms with Crippen molar-refractivity contribution >= 4 is 23.0 Å². The summed E-state index contributed by atoms with van der Waals surface area (Å²) in [5.41, 5.74) is 5.59. The Morgan fingerprint density at radius 2 is 1.42 bits per heavy atom. The lowest BCUT2D eigenvalue weighted by molar-refractivity contribution is 0.102. The third kappa shape index (κ3) is 3.46. The van der Waals surface area contributed by atoms with E-state index in [4.69, 9.17) is 0 Å². The number of anilines is 3. The second-order valence-electron chi connectivity index (χ2n) is 5.74. The third-order valence-corrected chi connectivity index (χ3v) is 4.08. The van der Waals surface area contributed by atoms with Gasteiger partial charge in [-0.3, -0.25) is 4.79 Å². The number of hydrogen-bond donors (Lipinski definition) is 2. The number of carbonyl (C=O) groups is 1. The molecule has 0 heterocycles. The van der Waals surface area contributed by atoms with Gasteiger partial charge in [0.25, 0.3) is 5.91 Å². The molecule has 0 aliphatic carbocycles. The summed E-state index contributed by atoms with van der Waals surface area (Å²) in [5, 5.41) is 6.32. The van der Waals surface area contributed by atoms with Gasteiger partial charge in [-0.1, -0.05) is 42.5 Å². The van der Waals surface area contributed by atoms with Gasteiger partial charge in [0.15, 0.2) is 0 Å². The predicted octanol–water partition coefficient (Wildman–Crippen LogP) is 5.30. The molecular formula is C21H20N2O. The van der Waals surface area contributed by atoms with E-state index in [1.807, 2.05) is 66.7 Å². The van der Waals surface area contributed by atoms with Gasteiger partial charge in [-0.25, -0.2) is 0 Å². The lowest BCUT2D eigenvalue weighted by Gasteiger charge is -2.15. The Kier molecular flexibility index (Phi) is 4.62. The molecule has 0 bridgehead atoms. The van der Waals surface area contributed by atoms with Crippen LogP contribution in [0.1, 0.15) is 21.5 Å². The zero-order valence-corrected chi connectivity index (χ0v) is 13.8. The quantitative estimate of drug-likeness (QED) is 0.686. The lowest BCUT2D eigenvalue weighted by atomic mass is 10.1. The molecule has 0 spiro atoms. The molecule has 0 fully saturated rings. The second-order valence-corrected chi connectivity index (χ2v) is 5.74. The number of hydrogen-bond acceptors (Lipinski definition) is 2. The molecule has 24 heavy (non-hydrogen) atoms. The van der Waals surface area contributed by atoms with Crippen LogP contribution < -0.4 is 10.6 Å². The molecule has 0 saturated carbocycles. The first-order valence-corrected chi connectivity index (χ1v) is 7.94. The molecule has 0 aliphatic rings. The van der Waals surface area contributed by atoms with Gasteiger partial charge in [0.2, 0.25) is 0 Å². The van der Waals surface area contributed by atoms with Crippen molar-refractivity contribution in [1.82, 2.24) is 0 Å². The Labute approximate surface area is 142 Å². The summed E-state index contributed by atoms with van der Waals surface area (Å²) in [4.78, 5) is 12.6. The van der Waals surface area contributed by atoms with Gasteiger partial charge in [0.1, 0.15) is 0 Å². The SMILES string of the molecule is Cc1cccc(Nc2ccccc2C(=O)Nc2ccccc2)c1C. The summed E-state index contributed by atoms with van der Waals surface area (Å²) in [6, 6.07) is 23.1. The largest absolute Gasteiger partial charge is 0.355 e. The molecule has 3 aromatic carbocycles. The Balaban J connectivity index is 1.88. The molecule has 0 aromatic heterocycles. The standard InChI is InChI=1S/C21H20N2O/c1-15-9-8-14-19(16(15)2)23-20-13-7-6-12-18(20)21(24)22-17-10-4-3-5-11-17/h3-14,23H,1-2H3,(H,22,24). The van der Waals surface area contributed by atoms with Crippen molar-refractivity contribution in [2.75, 3.05) is 10.6 Å². The molecule has 3 nitrogen and oxygen atoms in total. The number of nitrogens with one attached hydrogen (secondary N) is 2. The topological polar surface area (TPSA) is 41.1 Å². The maximum absolute atomic E-state index is 12.6. The van der Waals surface area contributed by atoms with Crippen molar-refractivity contribution in [3.63, 3.8) is 0 Å². The predicted molar refractivity (Wildman–Crippen MR) is 100 cm³/mol. The van der Waals surface area contributed by atoms with Crippen LogP contribution in [-0.4, -0.2) is 5.91 Å². The molecule has 3 heteroatoms. The summed E-state index contributed by atoms with van der Waals surface area (Å²) < 4.78 is 0. The molecule has 3 rings (SSSR count). The Morgan fingerprint density at radius 1 is 0.750 bits per heavy atom. The van der Waals surface area contributed by atoms with Crippen LogP contribution in [0.2, 0.25) is 0 Å². The summed E-state index contributed by atoms with van der Waals surface area (Å²) >= 11 is 0. The van der Waals surface area contributed by atoms with Crippen molar-refractivity contribution < 1.29 is 4.79 Å². The van der Waals surface area contributed by atoms with E-state index in [2.05, 4.69) is 30.5 Å². The van der Waals surface area contributed by atoms with Crippen molar-refractivity contribution in [2.45, 2.75) is 13.8 Å². The fourth-order valence-corrected chi connectivity index (χ4v) is 2.54. The highest BCUT2D eigenvalue weighted by atomic mass is 16.1. The highest BCUT2D eigenvalue weighted by Crippen LogP contribution is 2.25. The minimum absolute atomic E-state index is 0.130. The van der Waals surface area contributed by atoms with Crippen molar-refractivity contribution in [1.29, 1.82) is 0 Å². The Morgan fingerprint density at radius 3 is 2.21 bits per heavy atom. The first kappa shape index (κ1) is 15.8. The molecule has 0 aliphatic heterocycles. The van der Waals surface area contributed by atoms with E-state index in [1.165, 1.54) is 11.1 Å². The van der Waals surface area contributed by atoms with Crippen LogP contribution in [0, 0.1) is 13.8 Å². The minimum Gasteiger partial charge on any atom is -0.355 e. The van der Waals surface area contributed by atoms with Crippen molar-refractivity contribution in [2.24, 2.45) is 0 Å². The van der Waals surface area contributed by atoms with Gasteiger partial charge in [-0.15, -0.1) is 0 Å². The van der Waals surface area contributed by atoms with Gasteiger partial charge in [0.05, 0.1) is 11.3 Å². The van der Waals surface area contributed by atoms with Crippen LogP contribution >= 0.6 is 0 Å². The molecular weight excluding hydrogens is 296 g/mol. The van der Waals surface area contributed by atoms with Crippen LogP contribution in [0.15, 0.2) is 72.8 Å². The highest BCUT2D eigenvalue weighted by molar-refractivity contribution is 6.08. The normalized spacial score (nSPS) is 10.2. The molecule has 2 N–H and O–H groups in total. The zero-order chi connectivity index (χ0) is 16.9. The number of carbonyl (C=O) groups excluding carboxylic acids is 1. The number of amides is 1. The van der Waals surface area contributed by atoms with Crippen molar-refractivity contribution in [3.8, 4) is 0 Å². The second kappa shape index (κ2) is 7.01. The average Bonchev–Trinajstić information content (AvgIpc) is 2.60. The molecule has 1 amide bonds. The Bertz CT molecular complexity index is 857. The van der Waals surface area contributed by atoms with Gasteiger partial charge in [-0.2, -0.15) is 0 Å². The van der Waals surface area contributed by atoms with E-state index in [9.17, 15) is 4.79 Å². The first-order chi connectivity index (χ1) is 11.6. The summed E-state index contributed by atoms with van der Waals surface area (Å²) in [6.45, 7) is 4.15. The number of aryl methyl sites for hydroxylation is 1. The molecule has 0 atom stereocenters.